The summed E-state index contributed by atoms with van der Waals surface area (Å²) in [5.41, 5.74) is 0. The molecule has 0 spiro atoms. The van der Waals surface area contributed by atoms with Gasteiger partial charge < -0.3 is 17.0 Å². The van der Waals surface area contributed by atoms with E-state index in [1.165, 1.54) is 64.2 Å². The van der Waals surface area contributed by atoms with Gasteiger partial charge in [-0.25, -0.2) is 0 Å². The number of unbranched alkanes of at least 4 members (excludes halogenated alkanes) is 8. The fourth-order valence-electron chi connectivity index (χ4n) is 2.40. The van der Waals surface area contributed by atoms with E-state index in [0.29, 0.717) is 0 Å². The molecule has 0 radical (unpaired) electrons. The summed E-state index contributed by atoms with van der Waals surface area (Å²) in [7, 11) is -0.540. The third-order valence-corrected chi connectivity index (χ3v) is 6.79. The van der Waals surface area contributed by atoms with Gasteiger partial charge >= 0.3 is 0 Å². The van der Waals surface area contributed by atoms with Crippen LogP contribution in [-0.2, 0) is 0 Å². The Bertz CT molecular complexity index is 141. The molecule has 0 aliphatic carbocycles. The van der Waals surface area contributed by atoms with E-state index in [4.69, 9.17) is 0 Å². The van der Waals surface area contributed by atoms with Gasteiger partial charge in [0, 0.05) is 20.6 Å². The van der Waals surface area contributed by atoms with Crippen LogP contribution in [0.4, 0.5) is 0 Å². The van der Waals surface area contributed by atoms with Crippen molar-refractivity contribution >= 4 is 7.26 Å². The van der Waals surface area contributed by atoms with Crippen LogP contribution in [0.2, 0.25) is 0 Å². The van der Waals surface area contributed by atoms with E-state index in [1.807, 2.05) is 0 Å². The first-order chi connectivity index (χ1) is 8.12. The summed E-state index contributed by atoms with van der Waals surface area (Å²) >= 11 is 0. The maximum atomic E-state index is 2.58. The molecule has 112 valence electrons. The van der Waals surface area contributed by atoms with Crippen LogP contribution in [0, 0.1) is 0 Å². The molecular weight excluding hydrogens is 303 g/mol. The lowest BCUT2D eigenvalue weighted by Crippen LogP contribution is -3.00. The van der Waals surface area contributed by atoms with Crippen molar-refractivity contribution in [1.29, 1.82) is 0 Å². The summed E-state index contributed by atoms with van der Waals surface area (Å²) in [6.45, 7) is 9.75. The molecule has 0 bridgehead atoms. The molecule has 0 aliphatic heterocycles. The van der Waals surface area contributed by atoms with Crippen LogP contribution in [0.5, 0.6) is 0 Å². The Morgan fingerprint density at radius 3 is 1.22 bits per heavy atom. The molecule has 0 heterocycles. The predicted octanol–water partition coefficient (Wildman–Crippen LogP) is 3.21. The maximum Gasteiger partial charge on any atom is 0.0589 e. The van der Waals surface area contributed by atoms with Gasteiger partial charge in [0.05, 0.1) is 12.3 Å². The molecule has 0 atom stereocenters. The van der Waals surface area contributed by atoms with Crippen molar-refractivity contribution in [3.8, 4) is 0 Å². The molecule has 0 nitrogen and oxygen atoms in total. The summed E-state index contributed by atoms with van der Waals surface area (Å²) in [4.78, 5) is 0. The van der Waals surface area contributed by atoms with E-state index in [9.17, 15) is 0 Å². The van der Waals surface area contributed by atoms with Crippen molar-refractivity contribution in [3.63, 3.8) is 0 Å². The van der Waals surface area contributed by atoms with Gasteiger partial charge in [-0.1, -0.05) is 52.4 Å². The van der Waals surface area contributed by atoms with Crippen LogP contribution < -0.4 is 17.0 Å². The van der Waals surface area contributed by atoms with Crippen molar-refractivity contribution in [2.45, 2.75) is 78.1 Å². The summed E-state index contributed by atoms with van der Waals surface area (Å²) < 4.78 is 0. The van der Waals surface area contributed by atoms with Crippen molar-refractivity contribution in [2.75, 3.05) is 25.7 Å². The molecular formula is C16H36BrP. The van der Waals surface area contributed by atoms with Crippen molar-refractivity contribution in [2.24, 2.45) is 0 Å². The second kappa shape index (κ2) is 14.3. The molecule has 2 heteroatoms. The molecule has 0 rings (SSSR count). The largest absolute Gasteiger partial charge is 1.00 e. The minimum absolute atomic E-state index is 0. The topological polar surface area (TPSA) is 0 Å². The molecule has 0 aromatic heterocycles. The third kappa shape index (κ3) is 15.0. The normalized spacial score (nSPS) is 11.3. The number of hydrogen-bond acceptors (Lipinski definition) is 0. The highest BCUT2D eigenvalue weighted by Gasteiger charge is 2.23. The van der Waals surface area contributed by atoms with Crippen molar-refractivity contribution < 1.29 is 17.0 Å². The highest BCUT2D eigenvalue weighted by molar-refractivity contribution is 7.74. The van der Waals surface area contributed by atoms with Gasteiger partial charge in [0.1, 0.15) is 0 Å². The Morgan fingerprint density at radius 2 is 0.889 bits per heavy atom. The van der Waals surface area contributed by atoms with Crippen LogP contribution in [-0.4, -0.2) is 25.7 Å². The van der Waals surface area contributed by atoms with E-state index in [2.05, 4.69) is 27.2 Å². The number of hydrogen-bond donors (Lipinski definition) is 0. The highest BCUT2D eigenvalue weighted by Crippen LogP contribution is 2.52. The minimum atomic E-state index is -0.540. The number of halogens is 1. The first kappa shape index (κ1) is 21.2. The average Bonchev–Trinajstić information content (AvgIpc) is 2.28. The second-order valence-electron chi connectivity index (χ2n) is 6.21. The fraction of sp³-hybridized carbons (Fsp3) is 1.00. The first-order valence-corrected chi connectivity index (χ1v) is 11.0. The predicted molar refractivity (Wildman–Crippen MR) is 86.0 cm³/mol. The lowest BCUT2D eigenvalue weighted by molar-refractivity contribution is -0.00000409. The lowest BCUT2D eigenvalue weighted by Gasteiger charge is -2.18. The summed E-state index contributed by atoms with van der Waals surface area (Å²) in [5, 5.41) is 0. The van der Waals surface area contributed by atoms with Gasteiger partial charge in [-0.05, 0) is 25.7 Å². The Morgan fingerprint density at radius 1 is 0.556 bits per heavy atom. The molecule has 0 aromatic carbocycles. The SMILES string of the molecule is CCCCCCC[P+](C)(C)CCCCCCC.[Br-]. The van der Waals surface area contributed by atoms with Crippen LogP contribution >= 0.6 is 7.26 Å². The smallest absolute Gasteiger partial charge is 0.0589 e. The molecule has 0 fully saturated rings. The quantitative estimate of drug-likeness (QED) is 0.378. The van der Waals surface area contributed by atoms with Gasteiger partial charge in [-0.3, -0.25) is 0 Å². The van der Waals surface area contributed by atoms with Gasteiger partial charge in [0.15, 0.2) is 0 Å². The van der Waals surface area contributed by atoms with Crippen LogP contribution in [0.25, 0.3) is 0 Å². The maximum absolute atomic E-state index is 2.58. The summed E-state index contributed by atoms with van der Waals surface area (Å²) in [6.07, 6.45) is 17.6. The minimum Gasteiger partial charge on any atom is -1.00 e. The van der Waals surface area contributed by atoms with Crippen molar-refractivity contribution in [3.05, 3.63) is 0 Å². The van der Waals surface area contributed by atoms with E-state index in [-0.39, 0.29) is 17.0 Å². The zero-order valence-electron chi connectivity index (χ0n) is 13.3. The van der Waals surface area contributed by atoms with Crippen LogP contribution in [0.1, 0.15) is 78.1 Å². The molecule has 18 heavy (non-hydrogen) atoms. The first-order valence-electron chi connectivity index (χ1n) is 7.94. The zero-order chi connectivity index (χ0) is 13.0. The summed E-state index contributed by atoms with van der Waals surface area (Å²) in [6, 6.07) is 0. The van der Waals surface area contributed by atoms with Gasteiger partial charge in [-0.15, -0.1) is 0 Å². The molecule has 0 unspecified atom stereocenters. The number of rotatable bonds is 12. The van der Waals surface area contributed by atoms with Gasteiger partial charge in [-0.2, -0.15) is 0 Å². The monoisotopic (exact) mass is 338 g/mol. The van der Waals surface area contributed by atoms with E-state index < -0.39 is 7.26 Å². The van der Waals surface area contributed by atoms with E-state index >= 15 is 0 Å². The molecule has 0 aliphatic rings. The molecule has 0 N–H and O–H groups in total. The average molecular weight is 339 g/mol. The molecule has 0 saturated heterocycles. The summed E-state index contributed by atoms with van der Waals surface area (Å²) in [5.74, 6) is 0. The standard InChI is InChI=1S/C16H36P.BrH/c1-5-7-9-11-13-15-17(3,4)16-14-12-10-8-6-2;/h5-16H2,1-4H3;1H/q+1;/p-1. The lowest BCUT2D eigenvalue weighted by atomic mass is 10.2. The Hall–Kier alpha value is 0.910. The fourth-order valence-corrected chi connectivity index (χ4v) is 4.78. The molecule has 0 saturated carbocycles. The Labute approximate surface area is 128 Å². The molecule has 0 aromatic rings. The highest BCUT2D eigenvalue weighted by atomic mass is 79.9. The Balaban J connectivity index is 0. The van der Waals surface area contributed by atoms with Crippen LogP contribution in [0.15, 0.2) is 0 Å². The van der Waals surface area contributed by atoms with Crippen LogP contribution in [0.3, 0.4) is 0 Å². The third-order valence-electron chi connectivity index (χ3n) is 3.73. The van der Waals surface area contributed by atoms with Crippen molar-refractivity contribution in [1.82, 2.24) is 0 Å². The molecule has 0 amide bonds. The zero-order valence-corrected chi connectivity index (χ0v) is 15.8. The van der Waals surface area contributed by atoms with E-state index in [1.54, 1.807) is 12.3 Å². The van der Waals surface area contributed by atoms with E-state index in [0.717, 1.165) is 0 Å². The van der Waals surface area contributed by atoms with Gasteiger partial charge in [0.25, 0.3) is 0 Å². The Kier molecular flexibility index (Phi) is 16.9. The second-order valence-corrected chi connectivity index (χ2v) is 11.0. The van der Waals surface area contributed by atoms with Gasteiger partial charge in [0.2, 0.25) is 0 Å².